The van der Waals surface area contributed by atoms with Crippen LogP contribution in [0, 0.1) is 5.41 Å². The van der Waals surface area contributed by atoms with E-state index < -0.39 is 0 Å². The lowest BCUT2D eigenvalue weighted by Crippen LogP contribution is -2.38. The van der Waals surface area contributed by atoms with Gasteiger partial charge in [-0.25, -0.2) is 4.79 Å². The smallest absolute Gasteiger partial charge is 0.319 e. The van der Waals surface area contributed by atoms with Gasteiger partial charge in [-0.3, -0.25) is 0 Å². The molecule has 2 amide bonds. The van der Waals surface area contributed by atoms with Gasteiger partial charge in [0.15, 0.2) is 11.5 Å². The zero-order valence-electron chi connectivity index (χ0n) is 14.8. The molecule has 0 radical (unpaired) electrons. The summed E-state index contributed by atoms with van der Waals surface area (Å²) >= 11 is 1.65. The Morgan fingerprint density at radius 2 is 1.92 bits per heavy atom. The second-order valence-electron chi connectivity index (χ2n) is 7.12. The van der Waals surface area contributed by atoms with E-state index >= 15 is 0 Å². The minimum atomic E-state index is -0.234. The fourth-order valence-corrected chi connectivity index (χ4v) is 3.73. The molecule has 1 aromatic carbocycles. The molecule has 5 nitrogen and oxygen atoms in total. The zero-order chi connectivity index (χ0) is 17.9. The second kappa shape index (κ2) is 7.35. The molecule has 1 aliphatic heterocycles. The molecule has 0 saturated heterocycles. The molecular formula is C19H24N2O3S. The van der Waals surface area contributed by atoms with E-state index in [9.17, 15) is 4.79 Å². The summed E-state index contributed by atoms with van der Waals surface area (Å²) < 4.78 is 11.3. The molecule has 2 aromatic rings. The lowest BCUT2D eigenvalue weighted by Gasteiger charge is -2.30. The molecule has 1 unspecified atom stereocenters. The van der Waals surface area contributed by atoms with Gasteiger partial charge in [0.05, 0.1) is 19.3 Å². The summed E-state index contributed by atoms with van der Waals surface area (Å²) in [4.78, 5) is 13.7. The number of hydrogen-bond acceptors (Lipinski definition) is 4. The van der Waals surface area contributed by atoms with Gasteiger partial charge in [-0.2, -0.15) is 0 Å². The minimum Gasteiger partial charge on any atom is -0.490 e. The van der Waals surface area contributed by atoms with Crippen LogP contribution in [0.3, 0.4) is 0 Å². The third-order valence-electron chi connectivity index (χ3n) is 3.97. The van der Waals surface area contributed by atoms with Gasteiger partial charge in [0.1, 0.15) is 0 Å². The number of hydrogen-bond donors (Lipinski definition) is 2. The molecule has 0 bridgehead atoms. The average molecular weight is 360 g/mol. The molecular weight excluding hydrogens is 336 g/mol. The Labute approximate surface area is 152 Å². The van der Waals surface area contributed by atoms with Gasteiger partial charge < -0.3 is 20.1 Å². The van der Waals surface area contributed by atoms with E-state index in [-0.39, 0.29) is 17.5 Å². The number of anilines is 1. The maximum Gasteiger partial charge on any atom is 0.319 e. The molecule has 1 atom stereocenters. The van der Waals surface area contributed by atoms with Crippen molar-refractivity contribution in [1.29, 1.82) is 0 Å². The van der Waals surface area contributed by atoms with Crippen LogP contribution >= 0.6 is 11.3 Å². The molecule has 6 heteroatoms. The van der Waals surface area contributed by atoms with E-state index in [1.54, 1.807) is 17.4 Å². The molecule has 2 heterocycles. The molecule has 0 spiro atoms. The maximum absolute atomic E-state index is 12.5. The molecule has 134 valence electrons. The van der Waals surface area contributed by atoms with E-state index in [1.807, 2.05) is 23.6 Å². The van der Waals surface area contributed by atoms with Gasteiger partial charge in [-0.1, -0.05) is 26.8 Å². The first-order valence-electron chi connectivity index (χ1n) is 8.44. The predicted molar refractivity (Wildman–Crippen MR) is 101 cm³/mol. The van der Waals surface area contributed by atoms with Crippen LogP contribution in [0.1, 0.15) is 38.1 Å². The van der Waals surface area contributed by atoms with E-state index in [2.05, 4.69) is 37.5 Å². The van der Waals surface area contributed by atoms with Gasteiger partial charge in [-0.15, -0.1) is 11.3 Å². The first-order chi connectivity index (χ1) is 11.9. The van der Waals surface area contributed by atoms with Crippen molar-refractivity contribution in [3.8, 4) is 11.5 Å². The predicted octanol–water partition coefficient (Wildman–Crippen LogP) is 4.82. The van der Waals surface area contributed by atoms with Crippen LogP contribution < -0.4 is 20.1 Å². The fraction of sp³-hybridized carbons (Fsp3) is 0.421. The highest BCUT2D eigenvalue weighted by Crippen LogP contribution is 2.35. The van der Waals surface area contributed by atoms with E-state index in [4.69, 9.17) is 9.47 Å². The van der Waals surface area contributed by atoms with Crippen LogP contribution in [0.25, 0.3) is 0 Å². The summed E-state index contributed by atoms with van der Waals surface area (Å²) in [5.41, 5.74) is 0.591. The summed E-state index contributed by atoms with van der Waals surface area (Å²) in [6, 6.07) is 9.21. The standard InChI is InChI=1S/C19H24N2O3S/c1-19(2,3)17(16-6-4-11-25-16)21-18(22)20-13-7-8-14-15(12-13)24-10-5-9-23-14/h4,6-8,11-12,17H,5,9-10H2,1-3H3,(H2,20,21,22). The molecule has 3 rings (SSSR count). The van der Waals surface area contributed by atoms with Crippen LogP contribution in [-0.2, 0) is 0 Å². The lowest BCUT2D eigenvalue weighted by atomic mass is 9.86. The van der Waals surface area contributed by atoms with E-state index in [0.29, 0.717) is 24.7 Å². The van der Waals surface area contributed by atoms with Gasteiger partial charge in [0.2, 0.25) is 0 Å². The first-order valence-corrected chi connectivity index (χ1v) is 9.32. The number of urea groups is 1. The van der Waals surface area contributed by atoms with Crippen LogP contribution in [0.5, 0.6) is 11.5 Å². The highest BCUT2D eigenvalue weighted by molar-refractivity contribution is 7.10. The Balaban J connectivity index is 1.70. The average Bonchev–Trinajstić information content (AvgIpc) is 2.97. The van der Waals surface area contributed by atoms with Gasteiger partial charge >= 0.3 is 6.03 Å². The number of fused-ring (bicyclic) bond motifs is 1. The highest BCUT2D eigenvalue weighted by Gasteiger charge is 2.28. The monoisotopic (exact) mass is 360 g/mol. The summed E-state index contributed by atoms with van der Waals surface area (Å²) in [6.07, 6.45) is 0.853. The van der Waals surface area contributed by atoms with Crippen molar-refractivity contribution in [3.63, 3.8) is 0 Å². The third-order valence-corrected chi connectivity index (χ3v) is 4.91. The largest absolute Gasteiger partial charge is 0.490 e. The quantitative estimate of drug-likeness (QED) is 0.825. The van der Waals surface area contributed by atoms with Gasteiger partial charge in [0.25, 0.3) is 0 Å². The highest BCUT2D eigenvalue weighted by atomic mass is 32.1. The SMILES string of the molecule is CC(C)(C)C(NC(=O)Nc1ccc2c(c1)OCCCO2)c1cccs1. The van der Waals surface area contributed by atoms with Crippen molar-refractivity contribution in [2.24, 2.45) is 5.41 Å². The van der Waals surface area contributed by atoms with E-state index in [0.717, 1.165) is 17.0 Å². The van der Waals surface area contributed by atoms with Crippen molar-refractivity contribution in [1.82, 2.24) is 5.32 Å². The molecule has 0 saturated carbocycles. The summed E-state index contributed by atoms with van der Waals surface area (Å²) in [6.45, 7) is 7.61. The van der Waals surface area contributed by atoms with Crippen LogP contribution in [-0.4, -0.2) is 19.2 Å². The van der Waals surface area contributed by atoms with Crippen LogP contribution in [0.15, 0.2) is 35.7 Å². The lowest BCUT2D eigenvalue weighted by molar-refractivity contribution is 0.230. The number of rotatable bonds is 3. The van der Waals surface area contributed by atoms with E-state index in [1.165, 1.54) is 0 Å². The molecule has 2 N–H and O–H groups in total. The molecule has 0 aliphatic carbocycles. The fourth-order valence-electron chi connectivity index (χ4n) is 2.71. The molecule has 1 aromatic heterocycles. The second-order valence-corrected chi connectivity index (χ2v) is 8.10. The number of thiophene rings is 1. The third kappa shape index (κ3) is 4.45. The Hall–Kier alpha value is -2.21. The number of carbonyl (C=O) groups is 1. The summed E-state index contributed by atoms with van der Waals surface area (Å²) in [5.74, 6) is 1.38. The number of ether oxygens (including phenoxy) is 2. The molecule has 0 fully saturated rings. The Bertz CT molecular complexity index is 723. The molecule has 1 aliphatic rings. The van der Waals surface area contributed by atoms with Crippen molar-refractivity contribution in [2.75, 3.05) is 18.5 Å². The van der Waals surface area contributed by atoms with Crippen molar-refractivity contribution in [3.05, 3.63) is 40.6 Å². The summed E-state index contributed by atoms with van der Waals surface area (Å²) in [5, 5.41) is 8.01. The normalized spacial score (nSPS) is 15.2. The first kappa shape index (κ1) is 17.6. The number of amides is 2. The van der Waals surface area contributed by atoms with Crippen LogP contribution in [0.4, 0.5) is 10.5 Å². The number of carbonyl (C=O) groups excluding carboxylic acids is 1. The maximum atomic E-state index is 12.5. The van der Waals surface area contributed by atoms with Crippen molar-refractivity contribution < 1.29 is 14.3 Å². The Morgan fingerprint density at radius 1 is 1.16 bits per heavy atom. The summed E-state index contributed by atoms with van der Waals surface area (Å²) in [7, 11) is 0. The Kier molecular flexibility index (Phi) is 5.18. The molecule has 25 heavy (non-hydrogen) atoms. The zero-order valence-corrected chi connectivity index (χ0v) is 15.6. The van der Waals surface area contributed by atoms with Gasteiger partial charge in [-0.05, 0) is 29.0 Å². The van der Waals surface area contributed by atoms with Gasteiger partial charge in [0, 0.05) is 23.1 Å². The number of nitrogens with one attached hydrogen (secondary N) is 2. The number of benzene rings is 1. The Morgan fingerprint density at radius 3 is 2.60 bits per heavy atom. The minimum absolute atomic E-state index is 0.0621. The topological polar surface area (TPSA) is 59.6 Å². The van der Waals surface area contributed by atoms with Crippen molar-refractivity contribution >= 4 is 23.1 Å². The van der Waals surface area contributed by atoms with Crippen molar-refractivity contribution in [2.45, 2.75) is 33.2 Å². The van der Waals surface area contributed by atoms with Crippen LogP contribution in [0.2, 0.25) is 0 Å².